The third-order valence-electron chi connectivity index (χ3n) is 4.05. The molecule has 1 heterocycles. The van der Waals surface area contributed by atoms with Gasteiger partial charge in [0, 0.05) is 26.3 Å². The molecule has 1 saturated carbocycles. The molecule has 0 bridgehead atoms. The maximum Gasteiger partial charge on any atom is 0.255 e. The number of rotatable bonds is 5. The van der Waals surface area contributed by atoms with Crippen molar-refractivity contribution in [1.82, 2.24) is 9.88 Å². The zero-order valence-electron chi connectivity index (χ0n) is 12.9. The number of nitrogens with one attached hydrogen (secondary N) is 1. The lowest BCUT2D eigenvalue weighted by atomic mass is 9.89. The summed E-state index contributed by atoms with van der Waals surface area (Å²) in [5.74, 6) is 1.30. The van der Waals surface area contributed by atoms with Gasteiger partial charge >= 0.3 is 0 Å². The number of halogens is 1. The first-order valence-electron chi connectivity index (χ1n) is 7.76. The molecule has 1 aromatic rings. The number of nitrogens with zero attached hydrogens (tertiary/aromatic N) is 2. The molecule has 2 rings (SSSR count). The number of hydrogen-bond acceptors (Lipinski definition) is 3. The molecule has 1 N–H and O–H groups in total. The van der Waals surface area contributed by atoms with Gasteiger partial charge in [-0.25, -0.2) is 4.98 Å². The zero-order chi connectivity index (χ0) is 15.2. The van der Waals surface area contributed by atoms with Crippen molar-refractivity contribution in [3.8, 4) is 0 Å². The minimum atomic E-state index is -0.0212. The Kier molecular flexibility index (Phi) is 5.85. The normalized spacial score (nSPS) is 15.8. The highest BCUT2D eigenvalue weighted by Gasteiger charge is 2.21. The summed E-state index contributed by atoms with van der Waals surface area (Å²) in [4.78, 5) is 18.6. The van der Waals surface area contributed by atoms with Crippen LogP contribution in [0.25, 0.3) is 0 Å². The topological polar surface area (TPSA) is 45.2 Å². The second kappa shape index (κ2) is 7.64. The Morgan fingerprint density at radius 1 is 1.43 bits per heavy atom. The quantitative estimate of drug-likeness (QED) is 0.899. The lowest BCUT2D eigenvalue weighted by Gasteiger charge is -2.27. The van der Waals surface area contributed by atoms with E-state index in [0.29, 0.717) is 22.3 Å². The van der Waals surface area contributed by atoms with Crippen LogP contribution < -0.4 is 5.32 Å². The number of hydrogen-bond donors (Lipinski definition) is 1. The lowest BCUT2D eigenvalue weighted by Crippen LogP contribution is -2.33. The molecule has 1 aliphatic carbocycles. The van der Waals surface area contributed by atoms with E-state index in [9.17, 15) is 4.79 Å². The monoisotopic (exact) mass is 309 g/mol. The van der Waals surface area contributed by atoms with Gasteiger partial charge in [-0.2, -0.15) is 0 Å². The fourth-order valence-electron chi connectivity index (χ4n) is 2.93. The number of aromatic nitrogens is 1. The summed E-state index contributed by atoms with van der Waals surface area (Å²) in [5.41, 5.74) is 0.529. The van der Waals surface area contributed by atoms with Crippen LogP contribution in [0.2, 0.25) is 5.02 Å². The van der Waals surface area contributed by atoms with Crippen molar-refractivity contribution in [2.75, 3.05) is 25.5 Å². The molecule has 0 aliphatic heterocycles. The minimum absolute atomic E-state index is 0.0212. The van der Waals surface area contributed by atoms with Crippen molar-refractivity contribution in [1.29, 1.82) is 0 Å². The van der Waals surface area contributed by atoms with Gasteiger partial charge in [0.25, 0.3) is 5.91 Å². The van der Waals surface area contributed by atoms with Crippen molar-refractivity contribution in [3.05, 3.63) is 22.8 Å². The van der Waals surface area contributed by atoms with Crippen molar-refractivity contribution in [2.24, 2.45) is 5.92 Å². The van der Waals surface area contributed by atoms with Crippen LogP contribution in [-0.2, 0) is 0 Å². The first kappa shape index (κ1) is 16.1. The first-order valence-corrected chi connectivity index (χ1v) is 8.14. The Labute approximate surface area is 131 Å². The van der Waals surface area contributed by atoms with E-state index >= 15 is 0 Å². The van der Waals surface area contributed by atoms with Crippen LogP contribution in [0.5, 0.6) is 0 Å². The van der Waals surface area contributed by atoms with Crippen LogP contribution in [0.1, 0.15) is 49.4 Å². The van der Waals surface area contributed by atoms with Gasteiger partial charge in [0.1, 0.15) is 5.82 Å². The number of pyridine rings is 1. The average molecular weight is 310 g/mol. The Bertz CT molecular complexity index is 486. The zero-order valence-corrected chi connectivity index (χ0v) is 13.6. The summed E-state index contributed by atoms with van der Waals surface area (Å²) in [6.07, 6.45) is 7.90. The summed E-state index contributed by atoms with van der Waals surface area (Å²) in [5, 5.41) is 3.52. The number of carbonyl (C=O) groups is 1. The molecule has 0 aromatic carbocycles. The Hall–Kier alpha value is -1.29. The van der Waals surface area contributed by atoms with Crippen LogP contribution in [0.4, 0.5) is 5.82 Å². The van der Waals surface area contributed by atoms with Crippen molar-refractivity contribution >= 4 is 23.3 Å². The smallest absolute Gasteiger partial charge is 0.255 e. The predicted octanol–water partition coefficient (Wildman–Crippen LogP) is 3.82. The van der Waals surface area contributed by atoms with E-state index in [1.165, 1.54) is 32.1 Å². The lowest BCUT2D eigenvalue weighted by molar-refractivity contribution is 0.0760. The van der Waals surface area contributed by atoms with E-state index < -0.39 is 0 Å². The van der Waals surface area contributed by atoms with Crippen molar-refractivity contribution < 1.29 is 4.79 Å². The van der Waals surface area contributed by atoms with Crippen LogP contribution in [0.15, 0.2) is 12.3 Å². The number of anilines is 1. The molecule has 1 amide bonds. The molecule has 1 fully saturated rings. The maximum absolute atomic E-state index is 12.6. The SMILES string of the molecule is CCNc1cc(C(=O)N(C)CC2CCCCC2)c(Cl)cn1. The molecular formula is C16H24ClN3O. The fourth-order valence-corrected chi connectivity index (χ4v) is 3.11. The second-order valence-electron chi connectivity index (χ2n) is 5.77. The molecule has 0 radical (unpaired) electrons. The van der Waals surface area contributed by atoms with Crippen LogP contribution in [-0.4, -0.2) is 35.9 Å². The molecule has 0 atom stereocenters. The Morgan fingerprint density at radius 2 is 2.14 bits per heavy atom. The maximum atomic E-state index is 12.6. The highest BCUT2D eigenvalue weighted by Crippen LogP contribution is 2.25. The number of amides is 1. The fraction of sp³-hybridized carbons (Fsp3) is 0.625. The van der Waals surface area contributed by atoms with Crippen LogP contribution >= 0.6 is 11.6 Å². The molecule has 1 aromatic heterocycles. The summed E-state index contributed by atoms with van der Waals surface area (Å²) < 4.78 is 0. The van der Waals surface area contributed by atoms with Gasteiger partial charge in [0.15, 0.2) is 0 Å². The Morgan fingerprint density at radius 3 is 2.81 bits per heavy atom. The molecule has 5 heteroatoms. The molecular weight excluding hydrogens is 286 g/mol. The van der Waals surface area contributed by atoms with E-state index in [1.807, 2.05) is 14.0 Å². The molecule has 4 nitrogen and oxygen atoms in total. The molecule has 116 valence electrons. The molecule has 21 heavy (non-hydrogen) atoms. The van der Waals surface area contributed by atoms with Gasteiger partial charge in [0.2, 0.25) is 0 Å². The predicted molar refractivity (Wildman–Crippen MR) is 86.9 cm³/mol. The van der Waals surface area contributed by atoms with Crippen molar-refractivity contribution in [2.45, 2.75) is 39.0 Å². The van der Waals surface area contributed by atoms with E-state index in [4.69, 9.17) is 11.6 Å². The van der Waals surface area contributed by atoms with Gasteiger partial charge in [-0.15, -0.1) is 0 Å². The van der Waals surface area contributed by atoms with Gasteiger partial charge in [-0.1, -0.05) is 30.9 Å². The van der Waals surface area contributed by atoms with Crippen LogP contribution in [0, 0.1) is 5.92 Å². The van der Waals surface area contributed by atoms with E-state index in [-0.39, 0.29) is 5.91 Å². The van der Waals surface area contributed by atoms with Gasteiger partial charge < -0.3 is 10.2 Å². The molecule has 0 spiro atoms. The largest absolute Gasteiger partial charge is 0.370 e. The molecule has 0 unspecified atom stereocenters. The van der Waals surface area contributed by atoms with Crippen LogP contribution in [0.3, 0.4) is 0 Å². The highest BCUT2D eigenvalue weighted by atomic mass is 35.5. The minimum Gasteiger partial charge on any atom is -0.370 e. The standard InChI is InChI=1S/C16H24ClN3O/c1-3-18-15-9-13(14(17)10-19-15)16(21)20(2)11-12-7-5-4-6-8-12/h9-10,12H,3-8,11H2,1-2H3,(H,18,19). The van der Waals surface area contributed by atoms with E-state index in [1.54, 1.807) is 17.2 Å². The molecule has 1 aliphatic rings. The second-order valence-corrected chi connectivity index (χ2v) is 6.18. The van der Waals surface area contributed by atoms with Gasteiger partial charge in [0.05, 0.1) is 10.6 Å². The highest BCUT2D eigenvalue weighted by molar-refractivity contribution is 6.33. The van der Waals surface area contributed by atoms with Crippen molar-refractivity contribution in [3.63, 3.8) is 0 Å². The van der Waals surface area contributed by atoms with E-state index in [2.05, 4.69) is 10.3 Å². The third-order valence-corrected chi connectivity index (χ3v) is 4.35. The molecule has 0 saturated heterocycles. The third kappa shape index (κ3) is 4.34. The number of carbonyl (C=O) groups excluding carboxylic acids is 1. The van der Waals surface area contributed by atoms with Gasteiger partial charge in [-0.3, -0.25) is 4.79 Å². The first-order chi connectivity index (χ1) is 10.1. The Balaban J connectivity index is 2.05. The average Bonchev–Trinajstić information content (AvgIpc) is 2.50. The summed E-state index contributed by atoms with van der Waals surface area (Å²) >= 11 is 6.14. The summed E-state index contributed by atoms with van der Waals surface area (Å²) in [6.45, 7) is 3.57. The van der Waals surface area contributed by atoms with E-state index in [0.717, 1.165) is 13.1 Å². The summed E-state index contributed by atoms with van der Waals surface area (Å²) in [6, 6.07) is 1.74. The summed E-state index contributed by atoms with van der Waals surface area (Å²) in [7, 11) is 1.86. The van der Waals surface area contributed by atoms with Gasteiger partial charge in [-0.05, 0) is 31.7 Å².